The van der Waals surface area contributed by atoms with Crippen molar-refractivity contribution in [1.29, 1.82) is 0 Å². The monoisotopic (exact) mass is 647 g/mol. The summed E-state index contributed by atoms with van der Waals surface area (Å²) in [7, 11) is -3.35. The number of nitro benzene ring substituents is 1. The zero-order valence-electron chi connectivity index (χ0n) is 20.4. The molecule has 1 aliphatic heterocycles. The molecule has 40 heavy (non-hydrogen) atoms. The molecule has 1 N–H and O–H groups in total. The van der Waals surface area contributed by atoms with Crippen molar-refractivity contribution in [3.8, 4) is 11.5 Å². The first-order chi connectivity index (χ1) is 19.0. The van der Waals surface area contributed by atoms with Gasteiger partial charge in [0.25, 0.3) is 16.8 Å². The zero-order valence-corrected chi connectivity index (χ0v) is 23.6. The first kappa shape index (κ1) is 28.8. The molecule has 0 saturated carbocycles. The first-order valence-electron chi connectivity index (χ1n) is 11.2. The minimum atomic E-state index is -4.60. The topological polar surface area (TPSA) is 162 Å². The van der Waals surface area contributed by atoms with E-state index >= 15 is 0 Å². The molecule has 3 amide bonds. The first-order valence-corrected chi connectivity index (χ1v) is 14.2. The van der Waals surface area contributed by atoms with Gasteiger partial charge in [0.2, 0.25) is 5.91 Å². The van der Waals surface area contributed by atoms with Gasteiger partial charge in [-0.3, -0.25) is 29.4 Å². The van der Waals surface area contributed by atoms with E-state index in [0.717, 1.165) is 21.5 Å². The minimum absolute atomic E-state index is 0.0321. The number of carbonyl (C=O) groups excluding carboxylic acids is 3. The molecule has 3 aromatic carbocycles. The molecule has 3 aromatic rings. The van der Waals surface area contributed by atoms with Gasteiger partial charge in [-0.05, 0) is 65.9 Å². The molecule has 15 heteroatoms. The number of methoxy groups -OCH3 is 1. The van der Waals surface area contributed by atoms with Crippen molar-refractivity contribution >= 4 is 72.3 Å². The summed E-state index contributed by atoms with van der Waals surface area (Å²) in [6, 6.07) is 15.5. The number of para-hydroxylation sites is 1. The molecule has 0 spiro atoms. The average Bonchev–Trinajstić information content (AvgIpc) is 3.17. The van der Waals surface area contributed by atoms with Gasteiger partial charge in [-0.1, -0.05) is 34.1 Å². The van der Waals surface area contributed by atoms with Crippen LogP contribution in [-0.4, -0.2) is 48.9 Å². The van der Waals surface area contributed by atoms with Crippen LogP contribution in [0, 0.1) is 10.1 Å². The van der Waals surface area contributed by atoms with Gasteiger partial charge in [-0.15, -0.1) is 0 Å². The Labute approximate surface area is 240 Å². The van der Waals surface area contributed by atoms with Gasteiger partial charge < -0.3 is 14.2 Å². The summed E-state index contributed by atoms with van der Waals surface area (Å²) in [6.07, 6.45) is 1.38. The number of nitrogens with one attached hydrogen (secondary N) is 1. The molecular weight excluding hydrogens is 630 g/mol. The number of nitro groups is 1. The van der Waals surface area contributed by atoms with Gasteiger partial charge in [-0.25, -0.2) is 0 Å². The van der Waals surface area contributed by atoms with Crippen LogP contribution in [0.4, 0.5) is 16.2 Å². The second kappa shape index (κ2) is 11.9. The van der Waals surface area contributed by atoms with Gasteiger partial charge in [0, 0.05) is 16.2 Å². The zero-order chi connectivity index (χ0) is 29.0. The van der Waals surface area contributed by atoms with Crippen LogP contribution < -0.4 is 14.2 Å². The Hall–Kier alpha value is -4.21. The van der Waals surface area contributed by atoms with Crippen molar-refractivity contribution in [1.82, 2.24) is 4.90 Å². The number of imide groups is 1. The smallest absolute Gasteiger partial charge is 0.346 e. The summed E-state index contributed by atoms with van der Waals surface area (Å²) < 4.78 is 36.7. The van der Waals surface area contributed by atoms with E-state index in [0.29, 0.717) is 23.0 Å². The molecule has 1 saturated heterocycles. The number of hydrogen-bond acceptors (Lipinski definition) is 10. The lowest BCUT2D eigenvalue weighted by Crippen LogP contribution is -2.36. The Bertz CT molecular complexity index is 1660. The molecule has 1 fully saturated rings. The predicted molar refractivity (Wildman–Crippen MR) is 149 cm³/mol. The highest BCUT2D eigenvalue weighted by Crippen LogP contribution is 2.36. The quantitative estimate of drug-likeness (QED) is 0.148. The van der Waals surface area contributed by atoms with Crippen LogP contribution in [0.5, 0.6) is 11.5 Å². The second-order valence-corrected chi connectivity index (χ2v) is 11.4. The number of hydrogen-bond donors (Lipinski definition) is 1. The third-order valence-electron chi connectivity index (χ3n) is 5.32. The maximum absolute atomic E-state index is 12.8. The van der Waals surface area contributed by atoms with Crippen molar-refractivity contribution in [2.75, 3.05) is 19.0 Å². The van der Waals surface area contributed by atoms with E-state index in [4.69, 9.17) is 8.92 Å². The molecule has 0 radical (unpaired) electrons. The molecule has 0 aliphatic carbocycles. The van der Waals surface area contributed by atoms with Crippen LogP contribution in [0.2, 0.25) is 0 Å². The predicted octanol–water partition coefficient (Wildman–Crippen LogP) is 4.81. The molecule has 206 valence electrons. The fourth-order valence-electron chi connectivity index (χ4n) is 3.49. The van der Waals surface area contributed by atoms with Crippen molar-refractivity contribution in [3.05, 3.63) is 91.8 Å². The Balaban J connectivity index is 1.50. The van der Waals surface area contributed by atoms with Gasteiger partial charge >= 0.3 is 10.1 Å². The van der Waals surface area contributed by atoms with Gasteiger partial charge in [0.05, 0.1) is 16.9 Å². The lowest BCUT2D eigenvalue weighted by atomic mass is 10.2. The molecule has 0 atom stereocenters. The molecule has 1 heterocycles. The third kappa shape index (κ3) is 6.50. The Morgan fingerprint density at radius 2 is 1.80 bits per heavy atom. The number of halogens is 1. The second-order valence-electron chi connectivity index (χ2n) is 8.00. The Morgan fingerprint density at radius 1 is 1.10 bits per heavy atom. The number of amides is 3. The molecule has 1 aliphatic rings. The average molecular weight is 648 g/mol. The van der Waals surface area contributed by atoms with Crippen molar-refractivity contribution in [2.45, 2.75) is 4.90 Å². The Kier molecular flexibility index (Phi) is 8.56. The molecule has 12 nitrogen and oxygen atoms in total. The van der Waals surface area contributed by atoms with Crippen LogP contribution in [0.25, 0.3) is 6.08 Å². The standard InChI is InChI=1S/C25H18BrN3O9S2/c1-37-20-12-15(6-11-19(20)38-40(35,36)22-5-3-2-4-18(22)29(33)34)13-21-24(31)28(25(32)39-21)14-23(30)27-17-9-7-16(26)8-10-17/h2-13H,14H2,1H3,(H,27,30)/b21-13-. The van der Waals surface area contributed by atoms with Gasteiger partial charge in [-0.2, -0.15) is 8.42 Å². The highest BCUT2D eigenvalue weighted by atomic mass is 79.9. The Morgan fingerprint density at radius 3 is 2.48 bits per heavy atom. The molecule has 0 aromatic heterocycles. The number of carbonyl (C=O) groups is 3. The molecule has 4 rings (SSSR count). The van der Waals surface area contributed by atoms with E-state index in [1.54, 1.807) is 24.3 Å². The van der Waals surface area contributed by atoms with E-state index < -0.39 is 49.2 Å². The largest absolute Gasteiger partial charge is 0.493 e. The van der Waals surface area contributed by atoms with Gasteiger partial charge in [0.15, 0.2) is 16.4 Å². The van der Waals surface area contributed by atoms with E-state index in [9.17, 15) is 32.9 Å². The third-order valence-corrected chi connectivity index (χ3v) is 8.04. The van der Waals surface area contributed by atoms with Crippen molar-refractivity contribution < 1.29 is 36.6 Å². The summed E-state index contributed by atoms with van der Waals surface area (Å²) in [5.74, 6) is -1.55. The lowest BCUT2D eigenvalue weighted by molar-refractivity contribution is -0.387. The van der Waals surface area contributed by atoms with Crippen molar-refractivity contribution in [2.24, 2.45) is 0 Å². The van der Waals surface area contributed by atoms with Crippen LogP contribution in [0.3, 0.4) is 0 Å². The molecule has 0 unspecified atom stereocenters. The van der Waals surface area contributed by atoms with Crippen LogP contribution in [0.1, 0.15) is 5.56 Å². The maximum Gasteiger partial charge on any atom is 0.346 e. The summed E-state index contributed by atoms with van der Waals surface area (Å²) in [5.41, 5.74) is 0.199. The summed E-state index contributed by atoms with van der Waals surface area (Å²) in [5, 5.41) is 13.2. The van der Waals surface area contributed by atoms with Crippen LogP contribution >= 0.6 is 27.7 Å². The summed E-state index contributed by atoms with van der Waals surface area (Å²) in [6.45, 7) is -0.488. The highest BCUT2D eigenvalue weighted by molar-refractivity contribution is 9.10. The minimum Gasteiger partial charge on any atom is -0.493 e. The molecular formula is C25H18BrN3O9S2. The summed E-state index contributed by atoms with van der Waals surface area (Å²) in [4.78, 5) is 48.3. The number of benzene rings is 3. The van der Waals surface area contributed by atoms with Gasteiger partial charge in [0.1, 0.15) is 6.54 Å². The van der Waals surface area contributed by atoms with Crippen LogP contribution in [-0.2, 0) is 19.7 Å². The van der Waals surface area contributed by atoms with E-state index in [2.05, 4.69) is 21.2 Å². The maximum atomic E-state index is 12.8. The lowest BCUT2D eigenvalue weighted by Gasteiger charge is -2.12. The number of nitrogens with zero attached hydrogens (tertiary/aromatic N) is 2. The SMILES string of the molecule is COc1cc(/C=C2\SC(=O)N(CC(=O)Nc3ccc(Br)cc3)C2=O)ccc1OS(=O)(=O)c1ccccc1[N+](=O)[O-]. The van der Waals surface area contributed by atoms with E-state index in [1.807, 2.05) is 0 Å². The molecule has 0 bridgehead atoms. The van der Waals surface area contributed by atoms with E-state index in [-0.39, 0.29) is 16.4 Å². The van der Waals surface area contributed by atoms with Crippen LogP contribution in [0.15, 0.2) is 81.0 Å². The fourth-order valence-corrected chi connectivity index (χ4v) is 5.70. The fraction of sp³-hybridized carbons (Fsp3) is 0.0800. The highest BCUT2D eigenvalue weighted by Gasteiger charge is 2.36. The number of anilines is 1. The summed E-state index contributed by atoms with van der Waals surface area (Å²) >= 11 is 3.93. The van der Waals surface area contributed by atoms with Crippen molar-refractivity contribution in [3.63, 3.8) is 0 Å². The number of rotatable bonds is 9. The number of ether oxygens (including phenoxy) is 1. The normalized spacial score (nSPS) is 14.3. The van der Waals surface area contributed by atoms with E-state index in [1.165, 1.54) is 43.5 Å². The number of thioether (sulfide) groups is 1.